The third-order valence-electron chi connectivity index (χ3n) is 3.12. The lowest BCUT2D eigenvalue weighted by atomic mass is 9.79. The van der Waals surface area contributed by atoms with Gasteiger partial charge in [-0.15, -0.1) is 0 Å². The maximum absolute atomic E-state index is 13.9. The average Bonchev–Trinajstić information content (AvgIpc) is 2.29. The van der Waals surface area contributed by atoms with Crippen molar-refractivity contribution in [3.8, 4) is 0 Å². The van der Waals surface area contributed by atoms with E-state index in [-0.39, 0.29) is 6.92 Å². The molecule has 0 radical (unpaired) electrons. The van der Waals surface area contributed by atoms with Crippen LogP contribution in [-0.2, 0) is 0 Å². The first-order chi connectivity index (χ1) is 11.4. The molecule has 0 bridgehead atoms. The summed E-state index contributed by atoms with van der Waals surface area (Å²) in [5.41, 5.74) is -15.7. The van der Waals surface area contributed by atoms with Gasteiger partial charge < -0.3 is 0 Å². The van der Waals surface area contributed by atoms with Crippen LogP contribution in [0.25, 0.3) is 0 Å². The average molecular weight is 442 g/mol. The van der Waals surface area contributed by atoms with Crippen molar-refractivity contribution in [2.75, 3.05) is 0 Å². The summed E-state index contributed by atoms with van der Waals surface area (Å²) < 4.78 is 204. The van der Waals surface area contributed by atoms with E-state index in [2.05, 4.69) is 0 Å². The largest absolute Gasteiger partial charge is 0.435 e. The highest BCUT2D eigenvalue weighted by Crippen LogP contribution is 2.59. The van der Waals surface area contributed by atoms with Gasteiger partial charge in [0.1, 0.15) is 0 Å². The second kappa shape index (κ2) is 6.90. The minimum absolute atomic E-state index is 0.0137. The molecular weight excluding hydrogens is 436 g/mol. The quantitative estimate of drug-likeness (QED) is 0.332. The van der Waals surface area contributed by atoms with E-state index in [9.17, 15) is 70.2 Å². The van der Waals surface area contributed by atoms with Gasteiger partial charge in [-0.2, -0.15) is 65.9 Å². The Kier molecular flexibility index (Phi) is 6.55. The third kappa shape index (κ3) is 4.92. The first kappa shape index (κ1) is 25.6. The Hall–Kier alpha value is -1.38. The van der Waals surface area contributed by atoms with Crippen LogP contribution < -0.4 is 0 Å². The lowest BCUT2D eigenvalue weighted by molar-refractivity contribution is -0.343. The number of rotatable bonds is 3. The van der Waals surface area contributed by atoms with E-state index in [0.29, 0.717) is 0 Å². The van der Waals surface area contributed by atoms with Crippen molar-refractivity contribution in [2.24, 2.45) is 5.92 Å². The Labute approximate surface area is 138 Å². The Morgan fingerprint density at radius 1 is 0.593 bits per heavy atom. The standard InChI is InChI=1S/C11H6F16/c1-2-3(7(13,14)15)4(5(8(16,17)18)9(19,20)21)6(12,10(22,23)24)11(25,26)27/h5H,2H2,1H3/b4-3+. The number of halogens is 16. The molecule has 0 atom stereocenters. The molecule has 0 rings (SSSR count). The summed E-state index contributed by atoms with van der Waals surface area (Å²) in [4.78, 5) is 0. The lowest BCUT2D eigenvalue weighted by Crippen LogP contribution is -2.60. The molecule has 0 aromatic carbocycles. The maximum Gasteiger partial charge on any atom is 0.435 e. The number of alkyl halides is 16. The topological polar surface area (TPSA) is 0 Å². The van der Waals surface area contributed by atoms with E-state index in [1.165, 1.54) is 0 Å². The van der Waals surface area contributed by atoms with E-state index in [0.717, 1.165) is 0 Å². The highest BCUT2D eigenvalue weighted by atomic mass is 19.4. The highest BCUT2D eigenvalue weighted by Gasteiger charge is 2.80. The fourth-order valence-electron chi connectivity index (χ4n) is 2.10. The van der Waals surface area contributed by atoms with Crippen molar-refractivity contribution in [1.82, 2.24) is 0 Å². The van der Waals surface area contributed by atoms with Crippen LogP contribution in [0.1, 0.15) is 13.3 Å². The van der Waals surface area contributed by atoms with Crippen LogP contribution >= 0.6 is 0 Å². The van der Waals surface area contributed by atoms with E-state index in [1.54, 1.807) is 0 Å². The molecule has 0 aliphatic rings. The van der Waals surface area contributed by atoms with Gasteiger partial charge in [0, 0.05) is 11.1 Å². The zero-order valence-electron chi connectivity index (χ0n) is 12.3. The molecule has 0 saturated carbocycles. The van der Waals surface area contributed by atoms with Crippen LogP contribution in [0.3, 0.4) is 0 Å². The van der Waals surface area contributed by atoms with Gasteiger partial charge in [0.15, 0.2) is 5.92 Å². The van der Waals surface area contributed by atoms with E-state index >= 15 is 0 Å². The van der Waals surface area contributed by atoms with Crippen LogP contribution in [0, 0.1) is 5.92 Å². The number of hydrogen-bond donors (Lipinski definition) is 0. The SMILES string of the molecule is CC/C(=C(/C(C(F)(F)F)C(F)(F)F)C(F)(C(F)(F)F)C(F)(F)F)C(F)(F)F. The second-order valence-electron chi connectivity index (χ2n) is 4.91. The molecule has 0 fully saturated rings. The van der Waals surface area contributed by atoms with Crippen LogP contribution in [0.5, 0.6) is 0 Å². The first-order valence-electron chi connectivity index (χ1n) is 6.20. The molecule has 16 heteroatoms. The van der Waals surface area contributed by atoms with Crippen LogP contribution in [0.2, 0.25) is 0 Å². The molecule has 0 nitrogen and oxygen atoms in total. The fourth-order valence-corrected chi connectivity index (χ4v) is 2.10. The van der Waals surface area contributed by atoms with Crippen LogP contribution in [0.4, 0.5) is 70.2 Å². The molecule has 0 aromatic heterocycles. The first-order valence-corrected chi connectivity index (χ1v) is 6.20. The minimum atomic E-state index is -7.62. The van der Waals surface area contributed by atoms with Crippen molar-refractivity contribution in [3.05, 3.63) is 11.1 Å². The van der Waals surface area contributed by atoms with Gasteiger partial charge in [-0.25, -0.2) is 4.39 Å². The van der Waals surface area contributed by atoms with Gasteiger partial charge in [-0.1, -0.05) is 6.92 Å². The molecule has 0 heterocycles. The van der Waals surface area contributed by atoms with E-state index in [4.69, 9.17) is 0 Å². The van der Waals surface area contributed by atoms with Gasteiger partial charge in [-0.3, -0.25) is 0 Å². The smallest absolute Gasteiger partial charge is 0.219 e. The summed E-state index contributed by atoms with van der Waals surface area (Å²) in [6.45, 7) is 0.0137. The molecule has 0 aliphatic carbocycles. The van der Waals surface area contributed by atoms with Crippen molar-refractivity contribution in [3.63, 3.8) is 0 Å². The lowest BCUT2D eigenvalue weighted by Gasteiger charge is -2.38. The molecular formula is C11H6F16. The van der Waals surface area contributed by atoms with Gasteiger partial charge >= 0.3 is 36.6 Å². The normalized spacial score (nSPS) is 16.7. The van der Waals surface area contributed by atoms with Gasteiger partial charge in [0.2, 0.25) is 0 Å². The Morgan fingerprint density at radius 3 is 1.04 bits per heavy atom. The molecule has 0 aliphatic heterocycles. The summed E-state index contributed by atoms with van der Waals surface area (Å²) in [5, 5.41) is 0. The molecule has 27 heavy (non-hydrogen) atoms. The number of allylic oxidation sites excluding steroid dienone is 2. The van der Waals surface area contributed by atoms with Crippen molar-refractivity contribution in [1.29, 1.82) is 0 Å². The van der Waals surface area contributed by atoms with Crippen molar-refractivity contribution in [2.45, 2.75) is 49.9 Å². The molecule has 0 spiro atoms. The van der Waals surface area contributed by atoms with Crippen LogP contribution in [-0.4, -0.2) is 36.6 Å². The Balaban J connectivity index is 7.67. The summed E-state index contributed by atoms with van der Waals surface area (Å²) in [6.07, 6.45) is -38.4. The van der Waals surface area contributed by atoms with Crippen molar-refractivity contribution >= 4 is 0 Å². The molecule has 0 unspecified atom stereocenters. The highest BCUT2D eigenvalue weighted by molar-refractivity contribution is 5.36. The summed E-state index contributed by atoms with van der Waals surface area (Å²) >= 11 is 0. The Bertz CT molecular complexity index is 519. The third-order valence-corrected chi connectivity index (χ3v) is 3.12. The second-order valence-corrected chi connectivity index (χ2v) is 4.91. The van der Waals surface area contributed by atoms with Gasteiger partial charge in [0.25, 0.3) is 0 Å². The minimum Gasteiger partial charge on any atom is -0.219 e. The summed E-state index contributed by atoms with van der Waals surface area (Å²) in [7, 11) is 0. The zero-order chi connectivity index (χ0) is 22.4. The fraction of sp³-hybridized carbons (Fsp3) is 0.818. The molecule has 162 valence electrons. The number of hydrogen-bond acceptors (Lipinski definition) is 0. The van der Waals surface area contributed by atoms with E-state index in [1.807, 2.05) is 0 Å². The summed E-state index contributed by atoms with van der Waals surface area (Å²) in [5.74, 6) is -6.02. The van der Waals surface area contributed by atoms with E-state index < -0.39 is 60.0 Å². The summed E-state index contributed by atoms with van der Waals surface area (Å²) in [6, 6.07) is 0. The van der Waals surface area contributed by atoms with Crippen LogP contribution in [0.15, 0.2) is 11.1 Å². The Morgan fingerprint density at radius 2 is 0.889 bits per heavy atom. The zero-order valence-corrected chi connectivity index (χ0v) is 12.3. The maximum atomic E-state index is 13.9. The predicted octanol–water partition coefficient (Wildman–Crippen LogP) is 6.83. The van der Waals surface area contributed by atoms with Gasteiger partial charge in [-0.05, 0) is 6.42 Å². The molecule has 0 saturated heterocycles. The van der Waals surface area contributed by atoms with Crippen molar-refractivity contribution < 1.29 is 70.2 Å². The molecule has 0 aromatic rings. The predicted molar refractivity (Wildman–Crippen MR) is 54.9 cm³/mol. The van der Waals surface area contributed by atoms with Gasteiger partial charge in [0.05, 0.1) is 0 Å². The molecule has 0 N–H and O–H groups in total. The monoisotopic (exact) mass is 442 g/mol. The molecule has 0 amide bonds.